The second-order valence-corrected chi connectivity index (χ2v) is 6.54. The summed E-state index contributed by atoms with van der Waals surface area (Å²) >= 11 is 9.71. The van der Waals surface area contributed by atoms with Crippen molar-refractivity contribution in [1.29, 1.82) is 0 Å². The third-order valence-corrected chi connectivity index (χ3v) is 4.77. The number of benzene rings is 1. The first kappa shape index (κ1) is 15.1. The summed E-state index contributed by atoms with van der Waals surface area (Å²) in [6.07, 6.45) is 9.08. The van der Waals surface area contributed by atoms with Gasteiger partial charge < -0.3 is 5.32 Å². The van der Waals surface area contributed by atoms with Gasteiger partial charge in [0.25, 0.3) is 0 Å². The van der Waals surface area contributed by atoms with Crippen LogP contribution in [-0.2, 0) is 0 Å². The van der Waals surface area contributed by atoms with Crippen molar-refractivity contribution in [1.82, 2.24) is 5.32 Å². The summed E-state index contributed by atoms with van der Waals surface area (Å²) in [5, 5.41) is 4.10. The van der Waals surface area contributed by atoms with Gasteiger partial charge in [0.15, 0.2) is 0 Å². The Morgan fingerprint density at radius 1 is 1.37 bits per heavy atom. The molecule has 3 heteroatoms. The van der Waals surface area contributed by atoms with Gasteiger partial charge in [0.05, 0.1) is 0 Å². The van der Waals surface area contributed by atoms with Crippen molar-refractivity contribution >= 4 is 33.6 Å². The lowest BCUT2D eigenvalue weighted by molar-refractivity contribution is 0.398. The molecule has 104 valence electrons. The minimum absolute atomic E-state index is 0.729. The van der Waals surface area contributed by atoms with E-state index in [2.05, 4.69) is 27.3 Å². The van der Waals surface area contributed by atoms with E-state index in [-0.39, 0.29) is 0 Å². The minimum Gasteiger partial charge on any atom is -0.316 e. The molecule has 19 heavy (non-hydrogen) atoms. The zero-order valence-corrected chi connectivity index (χ0v) is 13.7. The molecule has 0 aromatic heterocycles. The van der Waals surface area contributed by atoms with Gasteiger partial charge >= 0.3 is 0 Å². The normalized spacial score (nSPS) is 17.7. The zero-order chi connectivity index (χ0) is 13.7. The molecule has 0 heterocycles. The third-order valence-electron chi connectivity index (χ3n) is 3.81. The van der Waals surface area contributed by atoms with Crippen LogP contribution in [0.5, 0.6) is 0 Å². The summed E-state index contributed by atoms with van der Waals surface area (Å²) in [5.41, 5.74) is 2.69. The Labute approximate surface area is 129 Å². The number of halogens is 2. The molecule has 0 radical (unpaired) electrons. The molecule has 0 spiro atoms. The summed E-state index contributed by atoms with van der Waals surface area (Å²) in [5.74, 6) is 0.729. The van der Waals surface area contributed by atoms with Gasteiger partial charge in [-0.25, -0.2) is 0 Å². The van der Waals surface area contributed by atoms with Gasteiger partial charge in [0.2, 0.25) is 0 Å². The topological polar surface area (TPSA) is 12.0 Å². The monoisotopic (exact) mass is 341 g/mol. The van der Waals surface area contributed by atoms with Crippen molar-refractivity contribution in [2.24, 2.45) is 5.92 Å². The number of likely N-dealkylation sites (N-methyl/N-ethyl adjacent to an activating group) is 1. The van der Waals surface area contributed by atoms with Gasteiger partial charge in [-0.2, -0.15) is 0 Å². The van der Waals surface area contributed by atoms with Gasteiger partial charge in [-0.05, 0) is 49.6 Å². The molecule has 0 aliphatic heterocycles. The summed E-state index contributed by atoms with van der Waals surface area (Å²) < 4.78 is 1.11. The Morgan fingerprint density at radius 2 is 2.11 bits per heavy atom. The van der Waals surface area contributed by atoms with Crippen molar-refractivity contribution in [2.75, 3.05) is 13.6 Å². The summed E-state index contributed by atoms with van der Waals surface area (Å²) in [6, 6.07) is 5.97. The second kappa shape index (κ2) is 7.47. The van der Waals surface area contributed by atoms with Crippen LogP contribution in [0.1, 0.15) is 37.7 Å². The first-order valence-corrected chi connectivity index (χ1v) is 8.18. The Balaban J connectivity index is 2.25. The van der Waals surface area contributed by atoms with Crippen LogP contribution >= 0.6 is 27.5 Å². The van der Waals surface area contributed by atoms with Crippen LogP contribution in [0.15, 0.2) is 28.2 Å². The van der Waals surface area contributed by atoms with Crippen molar-refractivity contribution in [2.45, 2.75) is 32.1 Å². The van der Waals surface area contributed by atoms with Gasteiger partial charge in [-0.1, -0.05) is 58.4 Å². The van der Waals surface area contributed by atoms with E-state index in [1.807, 2.05) is 25.2 Å². The van der Waals surface area contributed by atoms with Crippen molar-refractivity contribution in [3.63, 3.8) is 0 Å². The molecule has 0 atom stereocenters. The van der Waals surface area contributed by atoms with E-state index in [9.17, 15) is 0 Å². The predicted molar refractivity (Wildman–Crippen MR) is 87.6 cm³/mol. The molecular formula is C16H21BrClN. The Bertz CT molecular complexity index is 450. The molecule has 1 saturated carbocycles. The van der Waals surface area contributed by atoms with Crippen LogP contribution in [0.2, 0.25) is 5.02 Å². The highest BCUT2D eigenvalue weighted by Gasteiger charge is 2.17. The fourth-order valence-electron chi connectivity index (χ4n) is 2.82. The third kappa shape index (κ3) is 4.34. The fourth-order valence-corrected chi connectivity index (χ4v) is 3.36. The van der Waals surface area contributed by atoms with Gasteiger partial charge in [-0.3, -0.25) is 0 Å². The number of rotatable bonds is 4. The quantitative estimate of drug-likeness (QED) is 0.784. The van der Waals surface area contributed by atoms with E-state index in [4.69, 9.17) is 11.6 Å². The van der Waals surface area contributed by atoms with Crippen molar-refractivity contribution in [3.05, 3.63) is 38.8 Å². The fraction of sp³-hybridized carbons (Fsp3) is 0.500. The van der Waals surface area contributed by atoms with Gasteiger partial charge in [0, 0.05) is 16.0 Å². The van der Waals surface area contributed by atoms with E-state index in [1.54, 1.807) is 0 Å². The zero-order valence-electron chi connectivity index (χ0n) is 11.4. The maximum absolute atomic E-state index is 6.10. The maximum Gasteiger partial charge on any atom is 0.0412 e. The number of hydrogen-bond donors (Lipinski definition) is 1. The number of hydrogen-bond acceptors (Lipinski definition) is 1. The molecular weight excluding hydrogens is 322 g/mol. The summed E-state index contributed by atoms with van der Waals surface area (Å²) in [7, 11) is 2.02. The van der Waals surface area contributed by atoms with Crippen LogP contribution in [0.25, 0.3) is 6.08 Å². The van der Waals surface area contributed by atoms with Crippen molar-refractivity contribution in [3.8, 4) is 0 Å². The lowest BCUT2D eigenvalue weighted by atomic mass is 9.83. The van der Waals surface area contributed by atoms with E-state index < -0.39 is 0 Å². The SMILES string of the molecule is CNCC(=Cc1cc(Cl)ccc1Br)C1CCCCC1. The Hall–Kier alpha value is -0.310. The van der Waals surface area contributed by atoms with E-state index in [0.29, 0.717) is 0 Å². The molecule has 0 amide bonds. The smallest absolute Gasteiger partial charge is 0.0412 e. The van der Waals surface area contributed by atoms with Gasteiger partial charge in [0.1, 0.15) is 0 Å². The highest BCUT2D eigenvalue weighted by atomic mass is 79.9. The Morgan fingerprint density at radius 3 is 2.79 bits per heavy atom. The first-order valence-electron chi connectivity index (χ1n) is 7.01. The predicted octanol–water partition coefficient (Wildman–Crippen LogP) is 5.29. The summed E-state index contributed by atoms with van der Waals surface area (Å²) in [4.78, 5) is 0. The maximum atomic E-state index is 6.10. The molecule has 1 aromatic carbocycles. The van der Waals surface area contributed by atoms with E-state index in [0.717, 1.165) is 22.0 Å². The molecule has 1 aliphatic carbocycles. The molecule has 1 aromatic rings. The van der Waals surface area contributed by atoms with Crippen molar-refractivity contribution < 1.29 is 0 Å². The van der Waals surface area contributed by atoms with Crippen LogP contribution in [-0.4, -0.2) is 13.6 Å². The number of nitrogens with one attached hydrogen (secondary N) is 1. The molecule has 1 fully saturated rings. The van der Waals surface area contributed by atoms with Crippen LogP contribution in [0.3, 0.4) is 0 Å². The average molecular weight is 343 g/mol. The molecule has 1 nitrogen and oxygen atoms in total. The molecule has 0 unspecified atom stereocenters. The largest absolute Gasteiger partial charge is 0.316 e. The highest BCUT2D eigenvalue weighted by Crippen LogP contribution is 2.32. The van der Waals surface area contributed by atoms with E-state index in [1.165, 1.54) is 43.2 Å². The standard InChI is InChI=1S/C16H21BrClN/c1-19-11-14(12-5-3-2-4-6-12)9-13-10-15(18)7-8-16(13)17/h7-10,12,19H,2-6,11H2,1H3. The molecule has 0 bridgehead atoms. The van der Waals surface area contributed by atoms with Gasteiger partial charge in [-0.15, -0.1) is 0 Å². The van der Waals surface area contributed by atoms with Crippen LogP contribution < -0.4 is 5.32 Å². The second-order valence-electron chi connectivity index (χ2n) is 5.25. The first-order chi connectivity index (χ1) is 9.20. The molecule has 2 rings (SSSR count). The highest BCUT2D eigenvalue weighted by molar-refractivity contribution is 9.10. The lowest BCUT2D eigenvalue weighted by Gasteiger charge is -2.25. The van der Waals surface area contributed by atoms with E-state index >= 15 is 0 Å². The minimum atomic E-state index is 0.729. The summed E-state index contributed by atoms with van der Waals surface area (Å²) in [6.45, 7) is 0.962. The Kier molecular flexibility index (Phi) is 5.93. The molecule has 1 aliphatic rings. The molecule has 1 N–H and O–H groups in total. The van der Waals surface area contributed by atoms with Crippen LogP contribution in [0.4, 0.5) is 0 Å². The van der Waals surface area contributed by atoms with Crippen LogP contribution in [0, 0.1) is 5.92 Å². The lowest BCUT2D eigenvalue weighted by Crippen LogP contribution is -2.19. The average Bonchev–Trinajstić information content (AvgIpc) is 2.43. The molecule has 0 saturated heterocycles.